The molecular formula is C17H29NOS. The molecule has 0 fully saturated rings. The minimum Gasteiger partial charge on any atom is -0.494 e. The van der Waals surface area contributed by atoms with E-state index in [2.05, 4.69) is 51.2 Å². The van der Waals surface area contributed by atoms with Crippen LogP contribution in [0.2, 0.25) is 0 Å². The lowest BCUT2D eigenvalue weighted by atomic mass is 10.0. The normalized spacial score (nSPS) is 14.1. The average molecular weight is 295 g/mol. The molecule has 20 heavy (non-hydrogen) atoms. The zero-order valence-electron chi connectivity index (χ0n) is 13.5. The van der Waals surface area contributed by atoms with Crippen molar-refractivity contribution in [3.05, 3.63) is 29.3 Å². The van der Waals surface area contributed by atoms with Gasteiger partial charge in [0, 0.05) is 22.6 Å². The van der Waals surface area contributed by atoms with Crippen LogP contribution in [0.5, 0.6) is 5.75 Å². The van der Waals surface area contributed by atoms with Gasteiger partial charge in [-0.1, -0.05) is 26.8 Å². The third-order valence-electron chi connectivity index (χ3n) is 3.49. The first-order chi connectivity index (χ1) is 9.62. The molecule has 2 nitrogen and oxygen atoms in total. The molecule has 1 aromatic carbocycles. The molecule has 0 saturated carbocycles. The molecule has 0 radical (unpaired) electrons. The standard InChI is InChI=1S/C17H29NOS/c1-6-13(4)20-12-16-11-15(14(5)18-7-2)9-10-17(16)19-8-3/h9-11,13-14,18H,6-8,12H2,1-5H3. The van der Waals surface area contributed by atoms with Crippen LogP contribution in [0.3, 0.4) is 0 Å². The van der Waals surface area contributed by atoms with Crippen molar-refractivity contribution in [3.63, 3.8) is 0 Å². The number of nitrogens with one attached hydrogen (secondary N) is 1. The topological polar surface area (TPSA) is 21.3 Å². The van der Waals surface area contributed by atoms with Gasteiger partial charge in [-0.3, -0.25) is 0 Å². The van der Waals surface area contributed by atoms with E-state index in [4.69, 9.17) is 4.74 Å². The molecule has 1 N–H and O–H groups in total. The number of hydrogen-bond donors (Lipinski definition) is 1. The van der Waals surface area contributed by atoms with Crippen LogP contribution in [0.1, 0.15) is 58.2 Å². The first-order valence-corrected chi connectivity index (χ1v) is 8.77. The Bertz CT molecular complexity index is 395. The first-order valence-electron chi connectivity index (χ1n) is 7.72. The molecule has 0 saturated heterocycles. The van der Waals surface area contributed by atoms with Gasteiger partial charge in [0.25, 0.3) is 0 Å². The van der Waals surface area contributed by atoms with Crippen molar-refractivity contribution in [2.45, 2.75) is 58.1 Å². The van der Waals surface area contributed by atoms with Crippen LogP contribution in [0.25, 0.3) is 0 Å². The fourth-order valence-corrected chi connectivity index (χ4v) is 2.98. The zero-order chi connectivity index (χ0) is 15.0. The second kappa shape index (κ2) is 9.30. The molecule has 3 heteroatoms. The highest BCUT2D eigenvalue weighted by Gasteiger charge is 2.10. The molecule has 0 spiro atoms. The van der Waals surface area contributed by atoms with E-state index in [-0.39, 0.29) is 0 Å². The van der Waals surface area contributed by atoms with Gasteiger partial charge in [0.1, 0.15) is 5.75 Å². The fourth-order valence-electron chi connectivity index (χ4n) is 2.05. The minimum atomic E-state index is 0.392. The Morgan fingerprint density at radius 1 is 1.20 bits per heavy atom. The molecule has 0 aromatic heterocycles. The Kier molecular flexibility index (Phi) is 8.08. The number of ether oxygens (including phenoxy) is 1. The summed E-state index contributed by atoms with van der Waals surface area (Å²) in [4.78, 5) is 0. The van der Waals surface area contributed by atoms with Gasteiger partial charge in [0.05, 0.1) is 6.61 Å². The highest BCUT2D eigenvalue weighted by Crippen LogP contribution is 2.29. The maximum atomic E-state index is 5.76. The van der Waals surface area contributed by atoms with E-state index in [1.807, 2.05) is 18.7 Å². The first kappa shape index (κ1) is 17.4. The summed E-state index contributed by atoms with van der Waals surface area (Å²) in [6.45, 7) is 12.6. The predicted molar refractivity (Wildman–Crippen MR) is 90.8 cm³/mol. The molecule has 0 aliphatic carbocycles. The molecule has 2 atom stereocenters. The molecule has 1 aromatic rings. The summed E-state index contributed by atoms with van der Waals surface area (Å²) in [5.41, 5.74) is 2.66. The molecule has 0 aliphatic rings. The average Bonchev–Trinajstić information content (AvgIpc) is 2.46. The van der Waals surface area contributed by atoms with Crippen molar-refractivity contribution in [2.24, 2.45) is 0 Å². The Hall–Kier alpha value is -0.670. The van der Waals surface area contributed by atoms with Gasteiger partial charge in [-0.15, -0.1) is 0 Å². The largest absolute Gasteiger partial charge is 0.494 e. The van der Waals surface area contributed by atoms with Gasteiger partial charge < -0.3 is 10.1 Å². The number of rotatable bonds is 9. The van der Waals surface area contributed by atoms with Crippen molar-refractivity contribution in [2.75, 3.05) is 13.2 Å². The van der Waals surface area contributed by atoms with Crippen molar-refractivity contribution >= 4 is 11.8 Å². The van der Waals surface area contributed by atoms with E-state index in [9.17, 15) is 0 Å². The summed E-state index contributed by atoms with van der Waals surface area (Å²) < 4.78 is 5.76. The van der Waals surface area contributed by atoms with Crippen LogP contribution >= 0.6 is 11.8 Å². The van der Waals surface area contributed by atoms with E-state index in [1.165, 1.54) is 17.5 Å². The monoisotopic (exact) mass is 295 g/mol. The van der Waals surface area contributed by atoms with Crippen LogP contribution in [0, 0.1) is 0 Å². The van der Waals surface area contributed by atoms with E-state index in [0.29, 0.717) is 11.3 Å². The number of hydrogen-bond acceptors (Lipinski definition) is 3. The van der Waals surface area contributed by atoms with Gasteiger partial charge >= 0.3 is 0 Å². The van der Waals surface area contributed by atoms with Gasteiger partial charge in [-0.2, -0.15) is 11.8 Å². The third kappa shape index (κ3) is 5.37. The van der Waals surface area contributed by atoms with Crippen LogP contribution in [-0.2, 0) is 5.75 Å². The SMILES string of the molecule is CCNC(C)c1ccc(OCC)c(CSC(C)CC)c1. The molecule has 1 rings (SSSR count). The van der Waals surface area contributed by atoms with Gasteiger partial charge in [-0.05, 0) is 44.5 Å². The smallest absolute Gasteiger partial charge is 0.123 e. The van der Waals surface area contributed by atoms with Crippen molar-refractivity contribution in [1.82, 2.24) is 5.32 Å². The summed E-state index contributed by atoms with van der Waals surface area (Å²) in [6, 6.07) is 6.99. The van der Waals surface area contributed by atoms with Crippen LogP contribution in [0.15, 0.2) is 18.2 Å². The lowest BCUT2D eigenvalue weighted by molar-refractivity contribution is 0.337. The number of thioether (sulfide) groups is 1. The maximum Gasteiger partial charge on any atom is 0.123 e. The van der Waals surface area contributed by atoms with Gasteiger partial charge in [0.15, 0.2) is 0 Å². The second-order valence-electron chi connectivity index (χ2n) is 5.11. The maximum absolute atomic E-state index is 5.76. The van der Waals surface area contributed by atoms with Crippen molar-refractivity contribution in [3.8, 4) is 5.75 Å². The molecule has 114 valence electrons. The predicted octanol–water partition coefficient (Wildman–Crippen LogP) is 4.79. The van der Waals surface area contributed by atoms with E-state index in [0.717, 1.165) is 24.7 Å². The Morgan fingerprint density at radius 3 is 2.55 bits per heavy atom. The summed E-state index contributed by atoms with van der Waals surface area (Å²) in [5.74, 6) is 2.06. The van der Waals surface area contributed by atoms with E-state index < -0.39 is 0 Å². The quantitative estimate of drug-likeness (QED) is 0.708. The molecule has 0 amide bonds. The molecular weight excluding hydrogens is 266 g/mol. The lowest BCUT2D eigenvalue weighted by Gasteiger charge is -2.17. The Balaban J connectivity index is 2.87. The Labute approximate surface area is 128 Å². The number of benzene rings is 1. The third-order valence-corrected chi connectivity index (χ3v) is 4.87. The summed E-state index contributed by atoms with van der Waals surface area (Å²) in [7, 11) is 0. The highest BCUT2D eigenvalue weighted by molar-refractivity contribution is 7.99. The highest BCUT2D eigenvalue weighted by atomic mass is 32.2. The van der Waals surface area contributed by atoms with Crippen LogP contribution in [0.4, 0.5) is 0 Å². The van der Waals surface area contributed by atoms with Gasteiger partial charge in [-0.25, -0.2) is 0 Å². The summed E-state index contributed by atoms with van der Waals surface area (Å²) >= 11 is 2.00. The lowest BCUT2D eigenvalue weighted by Crippen LogP contribution is -2.17. The molecule has 0 heterocycles. The van der Waals surface area contributed by atoms with Crippen LogP contribution < -0.4 is 10.1 Å². The van der Waals surface area contributed by atoms with Crippen molar-refractivity contribution in [1.29, 1.82) is 0 Å². The summed E-state index contributed by atoms with van der Waals surface area (Å²) in [6.07, 6.45) is 1.21. The molecule has 2 unspecified atom stereocenters. The van der Waals surface area contributed by atoms with Gasteiger partial charge in [0.2, 0.25) is 0 Å². The van der Waals surface area contributed by atoms with E-state index >= 15 is 0 Å². The molecule has 0 aliphatic heterocycles. The zero-order valence-corrected chi connectivity index (χ0v) is 14.3. The second-order valence-corrected chi connectivity index (χ2v) is 6.54. The summed E-state index contributed by atoms with van der Waals surface area (Å²) in [5, 5.41) is 4.16. The fraction of sp³-hybridized carbons (Fsp3) is 0.647. The van der Waals surface area contributed by atoms with E-state index in [1.54, 1.807) is 0 Å². The Morgan fingerprint density at radius 2 is 1.95 bits per heavy atom. The molecule has 0 bridgehead atoms. The minimum absolute atomic E-state index is 0.392. The van der Waals surface area contributed by atoms with Crippen LogP contribution in [-0.4, -0.2) is 18.4 Å². The van der Waals surface area contributed by atoms with Crippen molar-refractivity contribution < 1.29 is 4.74 Å².